The fourth-order valence-electron chi connectivity index (χ4n) is 1.11. The third-order valence-corrected chi connectivity index (χ3v) is 1.67. The van der Waals surface area contributed by atoms with Crippen LogP contribution in [-0.4, -0.2) is 17.3 Å². The predicted molar refractivity (Wildman–Crippen MR) is 40.2 cm³/mol. The molecule has 10 heavy (non-hydrogen) atoms. The largest absolute Gasteiger partial charge is 0.368 e. The molecule has 2 aliphatic heterocycles. The van der Waals surface area contributed by atoms with E-state index < -0.39 is 0 Å². The van der Waals surface area contributed by atoms with E-state index in [1.165, 1.54) is 0 Å². The molecule has 0 spiro atoms. The molecule has 1 unspecified atom stereocenters. The van der Waals surface area contributed by atoms with Crippen LogP contribution < -0.4 is 5.32 Å². The lowest BCUT2D eigenvalue weighted by atomic mass is 10.4. The molecular formula is C7H9N3. The highest BCUT2D eigenvalue weighted by Crippen LogP contribution is 2.17. The van der Waals surface area contributed by atoms with Crippen molar-refractivity contribution in [1.29, 1.82) is 0 Å². The average Bonchev–Trinajstić information content (AvgIpc) is 2.34. The first kappa shape index (κ1) is 5.53. The Hall–Kier alpha value is -1.25. The van der Waals surface area contributed by atoms with Crippen LogP contribution in [0.1, 0.15) is 6.92 Å². The second-order valence-corrected chi connectivity index (χ2v) is 2.37. The van der Waals surface area contributed by atoms with Crippen molar-refractivity contribution < 1.29 is 0 Å². The molecule has 0 saturated heterocycles. The summed E-state index contributed by atoms with van der Waals surface area (Å²) in [5, 5.41) is 3.16. The Labute approximate surface area is 59.7 Å². The number of aliphatic imine (C=N–C) groups is 1. The van der Waals surface area contributed by atoms with Gasteiger partial charge in [-0.05, 0) is 13.0 Å². The van der Waals surface area contributed by atoms with E-state index in [-0.39, 0.29) is 0 Å². The van der Waals surface area contributed by atoms with Gasteiger partial charge in [0.2, 0.25) is 0 Å². The summed E-state index contributed by atoms with van der Waals surface area (Å²) in [4.78, 5) is 6.24. The standard InChI is InChI=1S/C7H9N3/c1-6-9-5-7-8-3-2-4-10(6)7/h2-6,9H,1H3. The van der Waals surface area contributed by atoms with Gasteiger partial charge in [-0.2, -0.15) is 0 Å². The maximum absolute atomic E-state index is 4.15. The van der Waals surface area contributed by atoms with E-state index in [9.17, 15) is 0 Å². The van der Waals surface area contributed by atoms with Gasteiger partial charge in [0.05, 0.1) is 0 Å². The van der Waals surface area contributed by atoms with Gasteiger partial charge in [-0.15, -0.1) is 0 Å². The maximum Gasteiger partial charge on any atom is 0.150 e. The van der Waals surface area contributed by atoms with Crippen LogP contribution in [0, 0.1) is 0 Å². The van der Waals surface area contributed by atoms with Gasteiger partial charge in [0.1, 0.15) is 12.0 Å². The molecule has 0 saturated carbocycles. The molecule has 0 bridgehead atoms. The summed E-state index contributed by atoms with van der Waals surface area (Å²) in [5.41, 5.74) is 0. The summed E-state index contributed by atoms with van der Waals surface area (Å²) >= 11 is 0. The Morgan fingerprint density at radius 1 is 1.70 bits per heavy atom. The molecule has 1 atom stereocenters. The van der Waals surface area contributed by atoms with Crippen molar-refractivity contribution in [3.05, 3.63) is 24.3 Å². The summed E-state index contributed by atoms with van der Waals surface area (Å²) in [6.45, 7) is 2.09. The third-order valence-electron chi connectivity index (χ3n) is 1.67. The SMILES string of the molecule is CC1NC=C2N=CC=CN21. The van der Waals surface area contributed by atoms with Crippen molar-refractivity contribution in [3.63, 3.8) is 0 Å². The topological polar surface area (TPSA) is 27.6 Å². The van der Waals surface area contributed by atoms with E-state index in [2.05, 4.69) is 22.1 Å². The summed E-state index contributed by atoms with van der Waals surface area (Å²) in [7, 11) is 0. The van der Waals surface area contributed by atoms with Crippen LogP contribution >= 0.6 is 0 Å². The molecule has 2 heterocycles. The molecule has 0 radical (unpaired) electrons. The molecule has 2 aliphatic rings. The highest BCUT2D eigenvalue weighted by molar-refractivity contribution is 5.73. The first-order valence-corrected chi connectivity index (χ1v) is 3.33. The lowest BCUT2D eigenvalue weighted by Crippen LogP contribution is -2.30. The van der Waals surface area contributed by atoms with Crippen molar-refractivity contribution in [2.24, 2.45) is 4.99 Å². The number of allylic oxidation sites excluding steroid dienone is 1. The first-order chi connectivity index (χ1) is 4.88. The second kappa shape index (κ2) is 1.87. The number of rotatable bonds is 0. The number of fused-ring (bicyclic) bond motifs is 1. The number of nitrogens with zero attached hydrogens (tertiary/aromatic N) is 2. The van der Waals surface area contributed by atoms with Crippen LogP contribution in [0.2, 0.25) is 0 Å². The van der Waals surface area contributed by atoms with Gasteiger partial charge in [0.15, 0.2) is 0 Å². The molecule has 0 fully saturated rings. The summed E-state index contributed by atoms with van der Waals surface area (Å²) in [6.07, 6.45) is 8.01. The van der Waals surface area contributed by atoms with E-state index in [0.29, 0.717) is 6.17 Å². The maximum atomic E-state index is 4.15. The van der Waals surface area contributed by atoms with Gasteiger partial charge in [0.25, 0.3) is 0 Å². The van der Waals surface area contributed by atoms with E-state index in [1.807, 2.05) is 18.5 Å². The lowest BCUT2D eigenvalue weighted by Gasteiger charge is -2.21. The van der Waals surface area contributed by atoms with Gasteiger partial charge in [-0.1, -0.05) is 0 Å². The second-order valence-electron chi connectivity index (χ2n) is 2.37. The highest BCUT2D eigenvalue weighted by atomic mass is 15.4. The van der Waals surface area contributed by atoms with E-state index in [1.54, 1.807) is 6.21 Å². The van der Waals surface area contributed by atoms with Gasteiger partial charge in [-0.25, -0.2) is 4.99 Å². The van der Waals surface area contributed by atoms with Gasteiger partial charge < -0.3 is 10.2 Å². The highest BCUT2D eigenvalue weighted by Gasteiger charge is 2.19. The molecule has 52 valence electrons. The fraction of sp³-hybridized carbons (Fsp3) is 0.286. The molecule has 0 amide bonds. The minimum Gasteiger partial charge on any atom is -0.368 e. The van der Waals surface area contributed by atoms with Gasteiger partial charge in [-0.3, -0.25) is 0 Å². The molecule has 0 aliphatic carbocycles. The minimum atomic E-state index is 0.351. The van der Waals surface area contributed by atoms with Crippen LogP contribution in [0.3, 0.4) is 0 Å². The lowest BCUT2D eigenvalue weighted by molar-refractivity contribution is 0.367. The molecule has 0 aromatic rings. The van der Waals surface area contributed by atoms with Crippen molar-refractivity contribution in [2.45, 2.75) is 13.1 Å². The summed E-state index contributed by atoms with van der Waals surface area (Å²) < 4.78 is 0. The number of hydrogen-bond acceptors (Lipinski definition) is 3. The van der Waals surface area contributed by atoms with Crippen LogP contribution in [0.5, 0.6) is 0 Å². The summed E-state index contributed by atoms with van der Waals surface area (Å²) in [6, 6.07) is 0. The average molecular weight is 135 g/mol. The van der Waals surface area contributed by atoms with E-state index >= 15 is 0 Å². The molecular weight excluding hydrogens is 126 g/mol. The summed E-state index contributed by atoms with van der Waals surface area (Å²) in [5.74, 6) is 0.995. The monoisotopic (exact) mass is 135 g/mol. The normalized spacial score (nSPS) is 27.9. The Bertz CT molecular complexity index is 227. The Morgan fingerprint density at radius 2 is 2.60 bits per heavy atom. The number of hydrogen-bond donors (Lipinski definition) is 1. The van der Waals surface area contributed by atoms with Crippen molar-refractivity contribution >= 4 is 6.21 Å². The zero-order valence-electron chi connectivity index (χ0n) is 5.78. The molecule has 1 N–H and O–H groups in total. The Kier molecular flexibility index (Phi) is 1.03. The van der Waals surface area contributed by atoms with Crippen LogP contribution in [0.15, 0.2) is 29.3 Å². The molecule has 3 heteroatoms. The zero-order chi connectivity index (χ0) is 6.97. The first-order valence-electron chi connectivity index (χ1n) is 3.33. The van der Waals surface area contributed by atoms with Crippen molar-refractivity contribution in [1.82, 2.24) is 10.2 Å². The van der Waals surface area contributed by atoms with Gasteiger partial charge >= 0.3 is 0 Å². The zero-order valence-corrected chi connectivity index (χ0v) is 5.78. The Morgan fingerprint density at radius 3 is 3.40 bits per heavy atom. The molecule has 0 aromatic heterocycles. The Balaban J connectivity index is 2.30. The van der Waals surface area contributed by atoms with E-state index in [0.717, 1.165) is 5.82 Å². The quantitative estimate of drug-likeness (QED) is 0.527. The van der Waals surface area contributed by atoms with Crippen LogP contribution in [0.4, 0.5) is 0 Å². The predicted octanol–water partition coefficient (Wildman–Crippen LogP) is 0.635. The fourth-order valence-corrected chi connectivity index (χ4v) is 1.11. The van der Waals surface area contributed by atoms with Crippen LogP contribution in [0.25, 0.3) is 0 Å². The molecule has 2 rings (SSSR count). The van der Waals surface area contributed by atoms with E-state index in [4.69, 9.17) is 0 Å². The van der Waals surface area contributed by atoms with Crippen LogP contribution in [-0.2, 0) is 0 Å². The smallest absolute Gasteiger partial charge is 0.150 e. The molecule has 0 aromatic carbocycles. The third kappa shape index (κ3) is 0.635. The van der Waals surface area contributed by atoms with Crippen molar-refractivity contribution in [2.75, 3.05) is 0 Å². The van der Waals surface area contributed by atoms with Gasteiger partial charge in [0, 0.05) is 18.6 Å². The van der Waals surface area contributed by atoms with Crippen molar-refractivity contribution in [3.8, 4) is 0 Å². The molecule has 3 nitrogen and oxygen atoms in total. The minimum absolute atomic E-state index is 0.351. The number of nitrogens with one attached hydrogen (secondary N) is 1.